The molecule has 5 nitrogen and oxygen atoms in total. The molecule has 1 heterocycles. The number of aliphatic imine (C=N–C) groups is 1. The van der Waals surface area contributed by atoms with Crippen molar-refractivity contribution in [1.29, 1.82) is 0 Å². The average Bonchev–Trinajstić information content (AvgIpc) is 2.46. The Balaban J connectivity index is 2.41. The van der Waals surface area contributed by atoms with Crippen LogP contribution in [0.25, 0.3) is 0 Å². The second-order valence-corrected chi connectivity index (χ2v) is 5.30. The van der Waals surface area contributed by atoms with Crippen LogP contribution in [0.4, 0.5) is 18.0 Å². The van der Waals surface area contributed by atoms with E-state index in [1.807, 2.05) is 0 Å². The van der Waals surface area contributed by atoms with E-state index in [1.54, 1.807) is 18.2 Å². The third-order valence-electron chi connectivity index (χ3n) is 2.95. The number of nitrogens with zero attached hydrogens (tertiary/aromatic N) is 2. The molecule has 1 aromatic rings. The third-order valence-corrected chi connectivity index (χ3v) is 3.23. The summed E-state index contributed by atoms with van der Waals surface area (Å²) in [4.78, 5) is 28.0. The first-order chi connectivity index (χ1) is 11.1. The van der Waals surface area contributed by atoms with Gasteiger partial charge in [0.05, 0.1) is 5.57 Å². The second kappa shape index (κ2) is 6.52. The molecule has 126 valence electrons. The van der Waals surface area contributed by atoms with Gasteiger partial charge in [-0.15, -0.1) is 0 Å². The summed E-state index contributed by atoms with van der Waals surface area (Å²) in [5, 5.41) is -0.821. The third kappa shape index (κ3) is 3.51. The number of rotatable bonds is 1. The first-order valence-electron chi connectivity index (χ1n) is 6.62. The van der Waals surface area contributed by atoms with Crippen molar-refractivity contribution in [2.45, 2.75) is 20.0 Å². The van der Waals surface area contributed by atoms with E-state index in [0.717, 1.165) is 0 Å². The monoisotopic (exact) mass is 356 g/mol. The maximum atomic E-state index is 13.1. The first kappa shape index (κ1) is 17.8. The van der Waals surface area contributed by atoms with Gasteiger partial charge < -0.3 is 4.74 Å². The van der Waals surface area contributed by atoms with E-state index in [0.29, 0.717) is 4.90 Å². The van der Waals surface area contributed by atoms with Gasteiger partial charge in [-0.25, -0.2) is 9.79 Å². The van der Waals surface area contributed by atoms with Crippen molar-refractivity contribution in [3.05, 3.63) is 41.5 Å². The zero-order valence-corrected chi connectivity index (χ0v) is 13.4. The number of imide groups is 1. The number of para-hydroxylation sites is 1. The first-order valence-corrected chi connectivity index (χ1v) is 7.02. The average molecular weight is 356 g/mol. The summed E-state index contributed by atoms with van der Waals surface area (Å²) < 4.78 is 44.1. The van der Waals surface area contributed by atoms with Crippen molar-refractivity contribution in [3.8, 4) is 5.75 Å². The standard InChI is InChI=1S/C15H11F3N2O3S/c1-8(2)10-11(15(16,17)18)19-13(24)20(12(10)21)14(22)23-9-6-4-3-5-7-9/h3-7H,1-2H3. The van der Waals surface area contributed by atoms with Gasteiger partial charge in [0.15, 0.2) is 5.71 Å². The van der Waals surface area contributed by atoms with Crippen LogP contribution in [0.1, 0.15) is 13.8 Å². The molecule has 0 fully saturated rings. The molecule has 9 heteroatoms. The fourth-order valence-electron chi connectivity index (χ4n) is 1.95. The van der Waals surface area contributed by atoms with Crippen molar-refractivity contribution in [2.24, 2.45) is 4.99 Å². The van der Waals surface area contributed by atoms with Gasteiger partial charge in [-0.3, -0.25) is 4.79 Å². The van der Waals surface area contributed by atoms with E-state index in [1.165, 1.54) is 26.0 Å². The predicted octanol–water partition coefficient (Wildman–Crippen LogP) is 3.65. The van der Waals surface area contributed by atoms with E-state index < -0.39 is 34.6 Å². The molecule has 0 spiro atoms. The Hall–Kier alpha value is -2.55. The number of carbonyl (C=O) groups is 2. The molecular weight excluding hydrogens is 345 g/mol. The van der Waals surface area contributed by atoms with Crippen LogP contribution in [0.5, 0.6) is 5.75 Å². The van der Waals surface area contributed by atoms with Crippen LogP contribution in [0.2, 0.25) is 0 Å². The maximum Gasteiger partial charge on any atom is 0.434 e. The molecule has 0 N–H and O–H groups in total. The largest absolute Gasteiger partial charge is 0.434 e. The highest BCUT2D eigenvalue weighted by molar-refractivity contribution is 7.80. The van der Waals surface area contributed by atoms with Gasteiger partial charge >= 0.3 is 12.3 Å². The van der Waals surface area contributed by atoms with Gasteiger partial charge in [-0.1, -0.05) is 23.8 Å². The Morgan fingerprint density at radius 2 is 1.79 bits per heavy atom. The minimum absolute atomic E-state index is 0.0519. The summed E-state index contributed by atoms with van der Waals surface area (Å²) in [7, 11) is 0. The number of benzene rings is 1. The summed E-state index contributed by atoms with van der Waals surface area (Å²) in [5.41, 5.74) is -2.08. The fourth-order valence-corrected chi connectivity index (χ4v) is 2.20. The predicted molar refractivity (Wildman–Crippen MR) is 83.8 cm³/mol. The van der Waals surface area contributed by atoms with Crippen LogP contribution in [0, 0.1) is 0 Å². The summed E-state index contributed by atoms with van der Waals surface area (Å²) >= 11 is 4.68. The Kier molecular flexibility index (Phi) is 4.83. The van der Waals surface area contributed by atoms with Crippen LogP contribution >= 0.6 is 12.2 Å². The van der Waals surface area contributed by atoms with Crippen molar-refractivity contribution in [2.75, 3.05) is 0 Å². The molecule has 1 aromatic carbocycles. The molecule has 0 atom stereocenters. The number of hydrogen-bond donors (Lipinski definition) is 0. The number of allylic oxidation sites excluding steroid dienone is 1. The zero-order chi connectivity index (χ0) is 18.1. The molecule has 0 saturated carbocycles. The lowest BCUT2D eigenvalue weighted by molar-refractivity contribution is -0.122. The van der Waals surface area contributed by atoms with Crippen LogP contribution in [-0.2, 0) is 4.79 Å². The van der Waals surface area contributed by atoms with E-state index in [9.17, 15) is 22.8 Å². The normalized spacial score (nSPS) is 15.3. The minimum atomic E-state index is -4.87. The summed E-state index contributed by atoms with van der Waals surface area (Å²) in [6.45, 7) is 2.62. The van der Waals surface area contributed by atoms with Crippen LogP contribution in [-0.4, -0.2) is 33.9 Å². The maximum absolute atomic E-state index is 13.1. The lowest BCUT2D eigenvalue weighted by Gasteiger charge is -2.26. The molecular formula is C15H11F3N2O3S. The molecule has 24 heavy (non-hydrogen) atoms. The van der Waals surface area contributed by atoms with Crippen molar-refractivity contribution in [1.82, 2.24) is 4.90 Å². The number of halogens is 3. The van der Waals surface area contributed by atoms with Gasteiger partial charge in [0.1, 0.15) is 5.75 Å². The molecule has 1 aliphatic heterocycles. The molecule has 0 aromatic heterocycles. The SMILES string of the molecule is CC(C)=C1C(=O)N(C(=O)Oc2ccccc2)C(=S)N=C1C(F)(F)F. The summed E-state index contributed by atoms with van der Waals surface area (Å²) in [6, 6.07) is 7.74. The van der Waals surface area contributed by atoms with Gasteiger partial charge in [-0.05, 0) is 38.2 Å². The van der Waals surface area contributed by atoms with Crippen molar-refractivity contribution < 1.29 is 27.5 Å². The highest BCUT2D eigenvalue weighted by Crippen LogP contribution is 2.29. The Labute approximate surface area is 140 Å². The van der Waals surface area contributed by atoms with Gasteiger partial charge in [0.2, 0.25) is 5.11 Å². The molecule has 0 aliphatic carbocycles. The lowest BCUT2D eigenvalue weighted by atomic mass is 10.0. The quantitative estimate of drug-likeness (QED) is 0.569. The van der Waals surface area contributed by atoms with Gasteiger partial charge in [0.25, 0.3) is 5.91 Å². The van der Waals surface area contributed by atoms with Crippen LogP contribution in [0.3, 0.4) is 0 Å². The second-order valence-electron chi connectivity index (χ2n) is 4.94. The number of alkyl halides is 3. The molecule has 0 radical (unpaired) electrons. The van der Waals surface area contributed by atoms with E-state index in [4.69, 9.17) is 4.74 Å². The van der Waals surface area contributed by atoms with Crippen molar-refractivity contribution in [3.63, 3.8) is 0 Å². The van der Waals surface area contributed by atoms with Gasteiger partial charge in [0, 0.05) is 0 Å². The number of ether oxygens (including phenoxy) is 1. The van der Waals surface area contributed by atoms with Crippen molar-refractivity contribution >= 4 is 35.0 Å². The summed E-state index contributed by atoms with van der Waals surface area (Å²) in [5.74, 6) is -1.11. The molecule has 2 amide bonds. The summed E-state index contributed by atoms with van der Waals surface area (Å²) in [6.07, 6.45) is -6.10. The molecule has 2 rings (SSSR count). The number of hydrogen-bond acceptors (Lipinski definition) is 4. The fraction of sp³-hybridized carbons (Fsp3) is 0.200. The smallest absolute Gasteiger partial charge is 0.410 e. The highest BCUT2D eigenvalue weighted by Gasteiger charge is 2.47. The Morgan fingerprint density at radius 1 is 1.21 bits per heavy atom. The van der Waals surface area contributed by atoms with Gasteiger partial charge in [-0.2, -0.15) is 18.1 Å². The Morgan fingerprint density at radius 3 is 2.29 bits per heavy atom. The Bertz CT molecular complexity index is 766. The molecule has 1 aliphatic rings. The number of carbonyl (C=O) groups excluding carboxylic acids is 2. The van der Waals surface area contributed by atoms with E-state index in [2.05, 4.69) is 17.2 Å². The molecule has 0 unspecified atom stereocenters. The zero-order valence-electron chi connectivity index (χ0n) is 12.5. The minimum Gasteiger partial charge on any atom is -0.410 e. The topological polar surface area (TPSA) is 59.0 Å². The van der Waals surface area contributed by atoms with Crippen LogP contribution < -0.4 is 4.74 Å². The van der Waals surface area contributed by atoms with Crippen LogP contribution in [0.15, 0.2) is 46.5 Å². The molecule has 0 bridgehead atoms. The van der Waals surface area contributed by atoms with E-state index >= 15 is 0 Å². The number of amides is 2. The molecule has 0 saturated heterocycles. The highest BCUT2D eigenvalue weighted by atomic mass is 32.1. The van der Waals surface area contributed by atoms with E-state index in [-0.39, 0.29) is 11.3 Å². The lowest BCUT2D eigenvalue weighted by Crippen LogP contribution is -2.49. The number of thiocarbonyl (C=S) groups is 1.